The SMILES string of the molecule is C1CO[C@@]2(C1)CO2. The molecule has 0 aromatic rings. The molecule has 2 fully saturated rings. The Balaban J connectivity index is 2.07. The zero-order valence-corrected chi connectivity index (χ0v) is 4.14. The maximum atomic E-state index is 5.23. The van der Waals surface area contributed by atoms with Gasteiger partial charge >= 0.3 is 0 Å². The minimum Gasteiger partial charge on any atom is -0.348 e. The zero-order chi connectivity index (χ0) is 4.74. The predicted molar refractivity (Wildman–Crippen MR) is 23.9 cm³/mol. The molecule has 2 aliphatic rings. The highest BCUT2D eigenvalue weighted by molar-refractivity contribution is 4.85. The molecule has 0 N–H and O–H groups in total. The van der Waals surface area contributed by atoms with Gasteiger partial charge in [0, 0.05) is 6.42 Å². The van der Waals surface area contributed by atoms with Crippen LogP contribution in [0.1, 0.15) is 12.8 Å². The lowest BCUT2D eigenvalue weighted by Crippen LogP contribution is -2.05. The molecule has 2 rings (SSSR count). The fraction of sp³-hybridized carbons (Fsp3) is 1.00. The van der Waals surface area contributed by atoms with Gasteiger partial charge < -0.3 is 9.47 Å². The van der Waals surface area contributed by atoms with Crippen molar-refractivity contribution in [3.8, 4) is 0 Å². The van der Waals surface area contributed by atoms with Gasteiger partial charge in [0.1, 0.15) is 6.61 Å². The van der Waals surface area contributed by atoms with Crippen molar-refractivity contribution >= 4 is 0 Å². The molecule has 0 amide bonds. The molecule has 2 nitrogen and oxygen atoms in total. The van der Waals surface area contributed by atoms with Crippen LogP contribution in [0.4, 0.5) is 0 Å². The highest BCUT2D eigenvalue weighted by Crippen LogP contribution is 2.37. The van der Waals surface area contributed by atoms with E-state index in [4.69, 9.17) is 9.47 Å². The molecule has 1 spiro atoms. The summed E-state index contributed by atoms with van der Waals surface area (Å²) in [5.41, 5.74) is 0. The minimum atomic E-state index is -0.0556. The Bertz CT molecular complexity index is 78.1. The Labute approximate surface area is 42.4 Å². The monoisotopic (exact) mass is 100 g/mol. The lowest BCUT2D eigenvalue weighted by Gasteiger charge is -1.95. The minimum absolute atomic E-state index is 0.0556. The molecule has 2 saturated heterocycles. The summed E-state index contributed by atoms with van der Waals surface area (Å²) in [7, 11) is 0. The largest absolute Gasteiger partial charge is 0.348 e. The van der Waals surface area contributed by atoms with Crippen molar-refractivity contribution in [1.82, 2.24) is 0 Å². The van der Waals surface area contributed by atoms with E-state index in [2.05, 4.69) is 0 Å². The summed E-state index contributed by atoms with van der Waals surface area (Å²) in [6.07, 6.45) is 2.30. The first kappa shape index (κ1) is 3.87. The molecule has 0 aromatic carbocycles. The van der Waals surface area contributed by atoms with Crippen molar-refractivity contribution < 1.29 is 9.47 Å². The normalized spacial score (nSPS) is 48.0. The molecular weight excluding hydrogens is 92.1 g/mol. The maximum absolute atomic E-state index is 5.23. The summed E-state index contributed by atoms with van der Waals surface area (Å²) in [5.74, 6) is -0.0556. The van der Waals surface area contributed by atoms with Crippen molar-refractivity contribution in [2.75, 3.05) is 13.2 Å². The average molecular weight is 100 g/mol. The molecule has 0 saturated carbocycles. The van der Waals surface area contributed by atoms with E-state index in [-0.39, 0.29) is 5.79 Å². The van der Waals surface area contributed by atoms with Crippen LogP contribution in [-0.4, -0.2) is 19.0 Å². The molecule has 0 bridgehead atoms. The first-order valence-corrected chi connectivity index (χ1v) is 2.69. The van der Waals surface area contributed by atoms with Gasteiger partial charge in [-0.1, -0.05) is 0 Å². The molecule has 1 atom stereocenters. The van der Waals surface area contributed by atoms with Gasteiger partial charge in [-0.15, -0.1) is 0 Å². The van der Waals surface area contributed by atoms with Gasteiger partial charge in [0.2, 0.25) is 0 Å². The third-order valence-electron chi connectivity index (χ3n) is 1.53. The predicted octanol–water partition coefficient (Wildman–Crippen LogP) is 0.523. The summed E-state index contributed by atoms with van der Waals surface area (Å²) in [6, 6.07) is 0. The Morgan fingerprint density at radius 2 is 2.14 bits per heavy atom. The van der Waals surface area contributed by atoms with E-state index in [9.17, 15) is 0 Å². The number of rotatable bonds is 0. The number of hydrogen-bond donors (Lipinski definition) is 0. The molecule has 2 heteroatoms. The second-order valence-corrected chi connectivity index (χ2v) is 2.15. The van der Waals surface area contributed by atoms with Crippen LogP contribution < -0.4 is 0 Å². The van der Waals surface area contributed by atoms with Crippen LogP contribution in [0.3, 0.4) is 0 Å². The molecule has 0 unspecified atom stereocenters. The van der Waals surface area contributed by atoms with Crippen molar-refractivity contribution in [1.29, 1.82) is 0 Å². The van der Waals surface area contributed by atoms with Gasteiger partial charge in [0.15, 0.2) is 5.79 Å². The van der Waals surface area contributed by atoms with Crippen LogP contribution in [0.2, 0.25) is 0 Å². The van der Waals surface area contributed by atoms with Crippen molar-refractivity contribution in [2.45, 2.75) is 18.6 Å². The smallest absolute Gasteiger partial charge is 0.192 e. The quantitative estimate of drug-likeness (QED) is 0.414. The van der Waals surface area contributed by atoms with Crippen LogP contribution in [0.5, 0.6) is 0 Å². The second-order valence-electron chi connectivity index (χ2n) is 2.15. The highest BCUT2D eigenvalue weighted by atomic mass is 16.8. The lowest BCUT2D eigenvalue weighted by molar-refractivity contribution is 0.00431. The topological polar surface area (TPSA) is 21.8 Å². The number of epoxide rings is 1. The zero-order valence-electron chi connectivity index (χ0n) is 4.14. The van der Waals surface area contributed by atoms with Gasteiger partial charge in [-0.25, -0.2) is 0 Å². The van der Waals surface area contributed by atoms with Crippen LogP contribution in [0.15, 0.2) is 0 Å². The Morgan fingerprint density at radius 1 is 1.29 bits per heavy atom. The molecule has 0 radical (unpaired) electrons. The van der Waals surface area contributed by atoms with Crippen LogP contribution in [-0.2, 0) is 9.47 Å². The van der Waals surface area contributed by atoms with Crippen molar-refractivity contribution in [2.24, 2.45) is 0 Å². The van der Waals surface area contributed by atoms with Gasteiger partial charge in [-0.3, -0.25) is 0 Å². The Kier molecular flexibility index (Phi) is 0.557. The Hall–Kier alpha value is -0.0800. The van der Waals surface area contributed by atoms with E-state index < -0.39 is 0 Å². The third kappa shape index (κ3) is 0.469. The van der Waals surface area contributed by atoms with Crippen molar-refractivity contribution in [3.63, 3.8) is 0 Å². The second kappa shape index (κ2) is 1.01. The highest BCUT2D eigenvalue weighted by Gasteiger charge is 2.48. The number of ether oxygens (including phenoxy) is 2. The molecule has 7 heavy (non-hydrogen) atoms. The van der Waals surface area contributed by atoms with E-state index >= 15 is 0 Å². The van der Waals surface area contributed by atoms with Gasteiger partial charge in [0.25, 0.3) is 0 Å². The van der Waals surface area contributed by atoms with E-state index in [0.717, 1.165) is 19.6 Å². The van der Waals surface area contributed by atoms with Gasteiger partial charge in [-0.2, -0.15) is 0 Å². The summed E-state index contributed by atoms with van der Waals surface area (Å²) in [6.45, 7) is 1.74. The summed E-state index contributed by atoms with van der Waals surface area (Å²) < 4.78 is 10.3. The van der Waals surface area contributed by atoms with E-state index in [1.54, 1.807) is 0 Å². The molecule has 2 heterocycles. The summed E-state index contributed by atoms with van der Waals surface area (Å²) >= 11 is 0. The molecular formula is C5H8O2. The van der Waals surface area contributed by atoms with Crippen LogP contribution >= 0.6 is 0 Å². The van der Waals surface area contributed by atoms with Gasteiger partial charge in [0.05, 0.1) is 6.61 Å². The van der Waals surface area contributed by atoms with Crippen molar-refractivity contribution in [3.05, 3.63) is 0 Å². The van der Waals surface area contributed by atoms with Gasteiger partial charge in [-0.05, 0) is 6.42 Å². The fourth-order valence-electron chi connectivity index (χ4n) is 0.980. The Morgan fingerprint density at radius 3 is 2.43 bits per heavy atom. The molecule has 40 valence electrons. The first-order valence-electron chi connectivity index (χ1n) is 2.69. The van der Waals surface area contributed by atoms with E-state index in [1.165, 1.54) is 6.42 Å². The van der Waals surface area contributed by atoms with E-state index in [0.29, 0.717) is 0 Å². The average Bonchev–Trinajstić information content (AvgIpc) is 2.15. The molecule has 2 aliphatic heterocycles. The van der Waals surface area contributed by atoms with E-state index in [1.807, 2.05) is 0 Å². The van der Waals surface area contributed by atoms with Crippen LogP contribution in [0.25, 0.3) is 0 Å². The molecule has 0 aromatic heterocycles. The summed E-state index contributed by atoms with van der Waals surface area (Å²) in [5, 5.41) is 0. The number of hydrogen-bond acceptors (Lipinski definition) is 2. The maximum Gasteiger partial charge on any atom is 0.192 e. The summed E-state index contributed by atoms with van der Waals surface area (Å²) in [4.78, 5) is 0. The fourth-order valence-corrected chi connectivity index (χ4v) is 0.980. The first-order chi connectivity index (χ1) is 3.41. The lowest BCUT2D eigenvalue weighted by atomic mass is 10.3. The standard InChI is InChI=1S/C5H8O2/c1-2-5(4-7-5)6-3-1/h1-4H2/t5-/m1/s1. The molecule has 0 aliphatic carbocycles. The van der Waals surface area contributed by atoms with Crippen LogP contribution in [0, 0.1) is 0 Å². The third-order valence-corrected chi connectivity index (χ3v) is 1.53.